The zero-order valence-electron chi connectivity index (χ0n) is 7.70. The number of benzene rings is 1. The molecule has 1 rings (SSSR count). The molecule has 0 bridgehead atoms. The van der Waals surface area contributed by atoms with Gasteiger partial charge in [-0.2, -0.15) is 0 Å². The highest BCUT2D eigenvalue weighted by molar-refractivity contribution is 5.34. The Kier molecular flexibility index (Phi) is 3.11. The van der Waals surface area contributed by atoms with Crippen LogP contribution in [0.2, 0.25) is 0 Å². The van der Waals surface area contributed by atoms with E-state index in [1.807, 2.05) is 31.2 Å². The predicted octanol–water partition coefficient (Wildman–Crippen LogP) is 2.40. The van der Waals surface area contributed by atoms with Gasteiger partial charge in [-0.25, -0.2) is 0 Å². The fourth-order valence-corrected chi connectivity index (χ4v) is 1.13. The Balaban J connectivity index is 2.96. The lowest BCUT2D eigenvalue weighted by atomic mass is 10.1. The van der Waals surface area contributed by atoms with Crippen LogP contribution < -0.4 is 4.74 Å². The Morgan fingerprint density at radius 3 is 2.42 bits per heavy atom. The molecule has 0 amide bonds. The molecule has 0 saturated carbocycles. The molecule has 0 aliphatic rings. The van der Waals surface area contributed by atoms with Crippen LogP contribution in [0.15, 0.2) is 24.3 Å². The van der Waals surface area contributed by atoms with E-state index in [1.54, 1.807) is 14.2 Å². The quantitative estimate of drug-likeness (QED) is 0.686. The smallest absolute Gasteiger partial charge is 0.124 e. The minimum atomic E-state index is 0.0844. The van der Waals surface area contributed by atoms with Crippen molar-refractivity contribution in [2.75, 3.05) is 14.2 Å². The lowest BCUT2D eigenvalue weighted by Gasteiger charge is -2.13. The predicted molar refractivity (Wildman–Crippen MR) is 48.4 cm³/mol. The van der Waals surface area contributed by atoms with Crippen molar-refractivity contribution in [2.45, 2.75) is 13.0 Å². The highest BCUT2D eigenvalue weighted by Crippen LogP contribution is 2.25. The normalized spacial score (nSPS) is 12.6. The van der Waals surface area contributed by atoms with Gasteiger partial charge in [0.05, 0.1) is 13.2 Å². The number of rotatable bonds is 3. The van der Waals surface area contributed by atoms with Gasteiger partial charge < -0.3 is 9.47 Å². The third kappa shape index (κ3) is 1.77. The lowest BCUT2D eigenvalue weighted by molar-refractivity contribution is 0.117. The molecule has 1 atom stereocenters. The summed E-state index contributed by atoms with van der Waals surface area (Å²) < 4.78 is 10.4. The molecular weight excluding hydrogens is 152 g/mol. The topological polar surface area (TPSA) is 18.5 Å². The van der Waals surface area contributed by atoms with Gasteiger partial charge in [0.15, 0.2) is 0 Å². The van der Waals surface area contributed by atoms with Crippen molar-refractivity contribution in [3.05, 3.63) is 29.8 Å². The Labute approximate surface area is 73.1 Å². The SMILES string of the molecule is COc1ccccc1C(C)OC. The van der Waals surface area contributed by atoms with Crippen LogP contribution in [0.4, 0.5) is 0 Å². The van der Waals surface area contributed by atoms with Crippen molar-refractivity contribution < 1.29 is 9.47 Å². The Morgan fingerprint density at radius 1 is 1.17 bits per heavy atom. The van der Waals surface area contributed by atoms with Gasteiger partial charge in [0.2, 0.25) is 0 Å². The molecular formula is C10H14O2. The molecule has 2 nitrogen and oxygen atoms in total. The van der Waals surface area contributed by atoms with Gasteiger partial charge in [-0.3, -0.25) is 0 Å². The number of methoxy groups -OCH3 is 2. The minimum Gasteiger partial charge on any atom is -0.496 e. The first-order valence-electron chi connectivity index (χ1n) is 3.95. The largest absolute Gasteiger partial charge is 0.496 e. The van der Waals surface area contributed by atoms with Crippen molar-refractivity contribution in [1.29, 1.82) is 0 Å². The van der Waals surface area contributed by atoms with Crippen LogP contribution in [0, 0.1) is 0 Å². The van der Waals surface area contributed by atoms with Gasteiger partial charge in [0, 0.05) is 12.7 Å². The van der Waals surface area contributed by atoms with Crippen molar-refractivity contribution >= 4 is 0 Å². The number of hydrogen-bond donors (Lipinski definition) is 0. The van der Waals surface area contributed by atoms with E-state index in [2.05, 4.69) is 0 Å². The second kappa shape index (κ2) is 4.12. The zero-order chi connectivity index (χ0) is 8.97. The molecule has 1 unspecified atom stereocenters. The van der Waals surface area contributed by atoms with E-state index in [9.17, 15) is 0 Å². The molecule has 0 aromatic heterocycles. The maximum atomic E-state index is 5.20. The molecule has 0 heterocycles. The summed E-state index contributed by atoms with van der Waals surface area (Å²) in [5, 5.41) is 0. The van der Waals surface area contributed by atoms with Gasteiger partial charge in [-0.05, 0) is 13.0 Å². The summed E-state index contributed by atoms with van der Waals surface area (Å²) >= 11 is 0. The third-order valence-corrected chi connectivity index (χ3v) is 1.93. The molecule has 12 heavy (non-hydrogen) atoms. The fraction of sp³-hybridized carbons (Fsp3) is 0.400. The third-order valence-electron chi connectivity index (χ3n) is 1.93. The summed E-state index contributed by atoms with van der Waals surface area (Å²) in [4.78, 5) is 0. The maximum Gasteiger partial charge on any atom is 0.124 e. The first-order valence-corrected chi connectivity index (χ1v) is 3.95. The number of para-hydroxylation sites is 1. The summed E-state index contributed by atoms with van der Waals surface area (Å²) in [6.45, 7) is 2.00. The minimum absolute atomic E-state index is 0.0844. The Hall–Kier alpha value is -1.02. The molecule has 1 aromatic carbocycles. The van der Waals surface area contributed by atoms with Crippen LogP contribution in [0.3, 0.4) is 0 Å². The van der Waals surface area contributed by atoms with Crippen LogP contribution in [0.1, 0.15) is 18.6 Å². The summed E-state index contributed by atoms with van der Waals surface area (Å²) in [6, 6.07) is 7.87. The van der Waals surface area contributed by atoms with Crippen molar-refractivity contribution in [1.82, 2.24) is 0 Å². The summed E-state index contributed by atoms with van der Waals surface area (Å²) in [5.41, 5.74) is 1.09. The summed E-state index contributed by atoms with van der Waals surface area (Å²) in [7, 11) is 3.36. The molecule has 0 spiro atoms. The van der Waals surface area contributed by atoms with Gasteiger partial charge in [-0.15, -0.1) is 0 Å². The Bertz CT molecular complexity index is 245. The van der Waals surface area contributed by atoms with Crippen LogP contribution in [-0.2, 0) is 4.74 Å². The maximum absolute atomic E-state index is 5.20. The number of ether oxygens (including phenoxy) is 2. The average molecular weight is 166 g/mol. The van der Waals surface area contributed by atoms with Crippen LogP contribution >= 0.6 is 0 Å². The molecule has 2 heteroatoms. The summed E-state index contributed by atoms with van der Waals surface area (Å²) in [6.07, 6.45) is 0.0844. The average Bonchev–Trinajstić information content (AvgIpc) is 2.16. The molecule has 0 N–H and O–H groups in total. The van der Waals surface area contributed by atoms with E-state index in [1.165, 1.54) is 0 Å². The van der Waals surface area contributed by atoms with Crippen LogP contribution in [-0.4, -0.2) is 14.2 Å². The molecule has 66 valence electrons. The van der Waals surface area contributed by atoms with Gasteiger partial charge in [-0.1, -0.05) is 18.2 Å². The van der Waals surface area contributed by atoms with E-state index in [4.69, 9.17) is 9.47 Å². The molecule has 0 saturated heterocycles. The number of hydrogen-bond acceptors (Lipinski definition) is 2. The molecule has 0 fully saturated rings. The van der Waals surface area contributed by atoms with E-state index >= 15 is 0 Å². The van der Waals surface area contributed by atoms with Crippen molar-refractivity contribution in [2.24, 2.45) is 0 Å². The highest BCUT2D eigenvalue weighted by Gasteiger charge is 2.08. The standard InChI is InChI=1S/C10H14O2/c1-8(11-2)9-6-4-5-7-10(9)12-3/h4-8H,1-3H3. The van der Waals surface area contributed by atoms with Crippen molar-refractivity contribution in [3.8, 4) is 5.75 Å². The first kappa shape index (κ1) is 9.07. The van der Waals surface area contributed by atoms with E-state index in [-0.39, 0.29) is 6.10 Å². The fourth-order valence-electron chi connectivity index (χ4n) is 1.13. The second-order valence-corrected chi connectivity index (χ2v) is 2.62. The van der Waals surface area contributed by atoms with Gasteiger partial charge >= 0.3 is 0 Å². The van der Waals surface area contributed by atoms with Crippen LogP contribution in [0.5, 0.6) is 5.75 Å². The summed E-state index contributed by atoms with van der Waals surface area (Å²) in [5.74, 6) is 0.881. The Morgan fingerprint density at radius 2 is 1.83 bits per heavy atom. The van der Waals surface area contributed by atoms with Gasteiger partial charge in [0.1, 0.15) is 5.75 Å². The van der Waals surface area contributed by atoms with Crippen LogP contribution in [0.25, 0.3) is 0 Å². The first-order chi connectivity index (χ1) is 5.79. The van der Waals surface area contributed by atoms with E-state index in [0.717, 1.165) is 11.3 Å². The highest BCUT2D eigenvalue weighted by atomic mass is 16.5. The molecule has 1 aromatic rings. The van der Waals surface area contributed by atoms with E-state index < -0.39 is 0 Å². The molecule has 0 aliphatic heterocycles. The lowest BCUT2D eigenvalue weighted by Crippen LogP contribution is -1.98. The second-order valence-electron chi connectivity index (χ2n) is 2.62. The zero-order valence-corrected chi connectivity index (χ0v) is 7.70. The van der Waals surface area contributed by atoms with E-state index in [0.29, 0.717) is 0 Å². The van der Waals surface area contributed by atoms with Crippen molar-refractivity contribution in [3.63, 3.8) is 0 Å². The monoisotopic (exact) mass is 166 g/mol. The molecule has 0 aliphatic carbocycles. The van der Waals surface area contributed by atoms with Gasteiger partial charge in [0.25, 0.3) is 0 Å². The molecule has 0 radical (unpaired) electrons.